The first-order chi connectivity index (χ1) is 11.1. The van der Waals surface area contributed by atoms with Crippen LogP contribution in [0.2, 0.25) is 0 Å². The van der Waals surface area contributed by atoms with Crippen LogP contribution >= 0.6 is 0 Å². The number of hydrogen-bond donors (Lipinski definition) is 4. The second-order valence-electron chi connectivity index (χ2n) is 5.98. The summed E-state index contributed by atoms with van der Waals surface area (Å²) in [6.45, 7) is 4.45. The maximum Gasteiger partial charge on any atom is 0.408 e. The van der Waals surface area contributed by atoms with Crippen LogP contribution in [-0.4, -0.2) is 42.0 Å². The van der Waals surface area contributed by atoms with Gasteiger partial charge in [-0.1, -0.05) is 0 Å². The molecule has 0 heterocycles. The molecule has 0 spiro atoms. The largest absolute Gasteiger partial charge is 0.444 e. The van der Waals surface area contributed by atoms with E-state index in [-0.39, 0.29) is 12.2 Å². The summed E-state index contributed by atoms with van der Waals surface area (Å²) < 4.78 is 31.4. The minimum Gasteiger partial charge on any atom is -0.444 e. The molecule has 7 nitrogen and oxygen atoms in total. The monoisotopic (exact) mass is 345 g/mol. The van der Waals surface area contributed by atoms with Crippen LogP contribution in [0.3, 0.4) is 0 Å². The minimum atomic E-state index is -0.816. The summed E-state index contributed by atoms with van der Waals surface area (Å²) in [6.07, 6.45) is -0.750. The molecule has 0 aliphatic rings. The van der Waals surface area contributed by atoms with Gasteiger partial charge < -0.3 is 25.8 Å². The fourth-order valence-corrected chi connectivity index (χ4v) is 1.61. The van der Waals surface area contributed by atoms with Crippen molar-refractivity contribution in [3.8, 4) is 0 Å². The lowest BCUT2D eigenvalue weighted by Crippen LogP contribution is -2.48. The molecule has 0 aliphatic heterocycles. The highest BCUT2D eigenvalue weighted by molar-refractivity contribution is 5.89. The van der Waals surface area contributed by atoms with E-state index in [9.17, 15) is 23.5 Å². The molecule has 1 aromatic carbocycles. The van der Waals surface area contributed by atoms with E-state index in [4.69, 9.17) is 4.74 Å². The van der Waals surface area contributed by atoms with Gasteiger partial charge in [-0.05, 0) is 32.9 Å². The van der Waals surface area contributed by atoms with Gasteiger partial charge in [0.1, 0.15) is 17.2 Å². The lowest BCUT2D eigenvalue weighted by atomic mass is 10.2. The number of aliphatic hydroxyl groups excluding tert-OH is 1. The number of alkyl carbamates (subject to hydrolysis) is 1. The Morgan fingerprint density at radius 1 is 1.29 bits per heavy atom. The third kappa shape index (κ3) is 7.23. The first-order valence-electron chi connectivity index (χ1n) is 7.21. The van der Waals surface area contributed by atoms with Crippen LogP contribution in [-0.2, 0) is 4.74 Å². The number of aliphatic hydroxyl groups is 1. The molecule has 0 aromatic heterocycles. The van der Waals surface area contributed by atoms with Crippen LogP contribution in [0.25, 0.3) is 0 Å². The Morgan fingerprint density at radius 2 is 1.96 bits per heavy atom. The lowest BCUT2D eigenvalue weighted by molar-refractivity contribution is 0.0483. The zero-order chi connectivity index (χ0) is 18.3. The van der Waals surface area contributed by atoms with Crippen molar-refractivity contribution in [3.05, 3.63) is 29.8 Å². The third-order valence-electron chi connectivity index (χ3n) is 2.63. The Balaban J connectivity index is 2.49. The maximum atomic E-state index is 13.4. The van der Waals surface area contributed by atoms with Crippen LogP contribution in [0.1, 0.15) is 20.8 Å². The van der Waals surface area contributed by atoms with Gasteiger partial charge in [-0.3, -0.25) is 0 Å². The molecule has 9 heteroatoms. The zero-order valence-electron chi connectivity index (χ0n) is 13.7. The first kappa shape index (κ1) is 19.6. The van der Waals surface area contributed by atoms with Crippen molar-refractivity contribution in [2.45, 2.75) is 32.4 Å². The standard InChI is InChI=1S/C15H21F2N3O4/c1-15(2,3)24-14(23)19-10(8-21)7-18-13(22)20-12-6-9(16)4-5-11(12)17/h4-6,10,21H,7-8H2,1-3H3,(H,19,23)(H2,18,20,22). The number of nitrogens with one attached hydrogen (secondary N) is 3. The van der Waals surface area contributed by atoms with Gasteiger partial charge in [0.25, 0.3) is 0 Å². The highest BCUT2D eigenvalue weighted by Gasteiger charge is 2.19. The van der Waals surface area contributed by atoms with Crippen LogP contribution in [0.5, 0.6) is 0 Å². The summed E-state index contributed by atoms with van der Waals surface area (Å²) in [5.41, 5.74) is -1.03. The van der Waals surface area contributed by atoms with Crippen LogP contribution in [0, 0.1) is 11.6 Å². The Hall–Kier alpha value is -2.42. The SMILES string of the molecule is CC(C)(C)OC(=O)NC(CO)CNC(=O)Nc1cc(F)ccc1F. The molecular formula is C15H21F2N3O4. The summed E-state index contributed by atoms with van der Waals surface area (Å²) in [5.74, 6) is -1.50. The zero-order valence-corrected chi connectivity index (χ0v) is 13.7. The van der Waals surface area contributed by atoms with E-state index < -0.39 is 42.0 Å². The fraction of sp³-hybridized carbons (Fsp3) is 0.467. The number of anilines is 1. The predicted octanol–water partition coefficient (Wildman–Crippen LogP) is 1.97. The molecule has 0 saturated carbocycles. The predicted molar refractivity (Wildman–Crippen MR) is 83.6 cm³/mol. The van der Waals surface area contributed by atoms with E-state index in [1.54, 1.807) is 20.8 Å². The van der Waals surface area contributed by atoms with E-state index in [1.807, 2.05) is 0 Å². The second kappa shape index (κ2) is 8.44. The van der Waals surface area contributed by atoms with Gasteiger partial charge in [0, 0.05) is 12.6 Å². The van der Waals surface area contributed by atoms with Crippen LogP contribution in [0.4, 0.5) is 24.1 Å². The summed E-state index contributed by atoms with van der Waals surface area (Å²) in [7, 11) is 0. The van der Waals surface area contributed by atoms with Gasteiger partial charge in [-0.25, -0.2) is 18.4 Å². The third-order valence-corrected chi connectivity index (χ3v) is 2.63. The average molecular weight is 345 g/mol. The number of rotatable bonds is 5. The minimum absolute atomic E-state index is 0.140. The molecule has 1 atom stereocenters. The molecule has 1 unspecified atom stereocenters. The number of amides is 3. The van der Waals surface area contributed by atoms with Gasteiger partial charge in [-0.2, -0.15) is 0 Å². The quantitative estimate of drug-likeness (QED) is 0.655. The number of benzene rings is 1. The lowest BCUT2D eigenvalue weighted by Gasteiger charge is -2.23. The van der Waals surface area contributed by atoms with Gasteiger partial charge in [-0.15, -0.1) is 0 Å². The topological polar surface area (TPSA) is 99.7 Å². The van der Waals surface area contributed by atoms with Gasteiger partial charge >= 0.3 is 12.1 Å². The van der Waals surface area contributed by atoms with Gasteiger partial charge in [0.2, 0.25) is 0 Å². The molecule has 0 saturated heterocycles. The fourth-order valence-electron chi connectivity index (χ4n) is 1.61. The number of halogens is 2. The summed E-state index contributed by atoms with van der Waals surface area (Å²) in [6, 6.07) is 1.01. The molecule has 134 valence electrons. The summed E-state index contributed by atoms with van der Waals surface area (Å²) >= 11 is 0. The summed E-state index contributed by atoms with van der Waals surface area (Å²) in [4.78, 5) is 23.3. The molecular weight excluding hydrogens is 324 g/mol. The van der Waals surface area contributed by atoms with Crippen molar-refractivity contribution in [1.82, 2.24) is 10.6 Å². The Bertz CT molecular complexity index is 591. The van der Waals surface area contributed by atoms with E-state index in [0.717, 1.165) is 18.2 Å². The molecule has 3 amide bonds. The maximum absolute atomic E-state index is 13.4. The highest BCUT2D eigenvalue weighted by atomic mass is 19.1. The smallest absolute Gasteiger partial charge is 0.408 e. The Kier molecular flexibility index (Phi) is 6.90. The van der Waals surface area contributed by atoms with Crippen molar-refractivity contribution in [1.29, 1.82) is 0 Å². The molecule has 4 N–H and O–H groups in total. The van der Waals surface area contributed by atoms with E-state index >= 15 is 0 Å². The van der Waals surface area contributed by atoms with E-state index in [2.05, 4.69) is 16.0 Å². The number of hydrogen-bond acceptors (Lipinski definition) is 4. The van der Waals surface area contributed by atoms with E-state index in [0.29, 0.717) is 0 Å². The molecule has 0 fully saturated rings. The first-order valence-corrected chi connectivity index (χ1v) is 7.21. The number of carbonyl (C=O) groups excluding carboxylic acids is 2. The molecule has 24 heavy (non-hydrogen) atoms. The molecule has 0 radical (unpaired) electrons. The highest BCUT2D eigenvalue weighted by Crippen LogP contribution is 2.14. The van der Waals surface area contributed by atoms with Gasteiger partial charge in [0.15, 0.2) is 0 Å². The van der Waals surface area contributed by atoms with Crippen molar-refractivity contribution in [2.75, 3.05) is 18.5 Å². The van der Waals surface area contributed by atoms with Crippen LogP contribution < -0.4 is 16.0 Å². The Labute approximate surface area is 138 Å². The molecule has 1 aromatic rings. The number of urea groups is 1. The average Bonchev–Trinajstić information content (AvgIpc) is 2.45. The van der Waals surface area contributed by atoms with Crippen molar-refractivity contribution < 1.29 is 28.2 Å². The number of carbonyl (C=O) groups is 2. The normalized spacial score (nSPS) is 12.2. The number of ether oxygens (including phenoxy) is 1. The summed E-state index contributed by atoms with van der Waals surface area (Å²) in [5, 5.41) is 16.0. The molecule has 0 bridgehead atoms. The molecule has 0 aliphatic carbocycles. The van der Waals surface area contributed by atoms with Crippen molar-refractivity contribution >= 4 is 17.8 Å². The van der Waals surface area contributed by atoms with Crippen molar-refractivity contribution in [3.63, 3.8) is 0 Å². The Morgan fingerprint density at radius 3 is 2.54 bits per heavy atom. The van der Waals surface area contributed by atoms with E-state index in [1.165, 1.54) is 0 Å². The van der Waals surface area contributed by atoms with Gasteiger partial charge in [0.05, 0.1) is 18.3 Å². The van der Waals surface area contributed by atoms with Crippen LogP contribution in [0.15, 0.2) is 18.2 Å². The molecule has 1 rings (SSSR count). The van der Waals surface area contributed by atoms with Crippen molar-refractivity contribution in [2.24, 2.45) is 0 Å². The second-order valence-corrected chi connectivity index (χ2v) is 5.98.